The van der Waals surface area contributed by atoms with E-state index in [1.807, 2.05) is 35.0 Å². The van der Waals surface area contributed by atoms with Crippen LogP contribution < -0.4 is 0 Å². The van der Waals surface area contributed by atoms with E-state index < -0.39 is 0 Å². The number of ether oxygens (including phenoxy) is 2. The molecular weight excluding hydrogens is 244 g/mol. The van der Waals surface area contributed by atoms with Gasteiger partial charge in [-0.3, -0.25) is 4.79 Å². The highest BCUT2D eigenvalue weighted by atomic mass is 16.5. The summed E-state index contributed by atoms with van der Waals surface area (Å²) in [5, 5.41) is 0. The van der Waals surface area contributed by atoms with Crippen LogP contribution >= 0.6 is 0 Å². The summed E-state index contributed by atoms with van der Waals surface area (Å²) in [7, 11) is 5.86. The van der Waals surface area contributed by atoms with Gasteiger partial charge in [-0.05, 0) is 20.0 Å². The molecule has 19 heavy (non-hydrogen) atoms. The third-order valence-electron chi connectivity index (χ3n) is 2.63. The van der Waals surface area contributed by atoms with E-state index in [4.69, 9.17) is 9.47 Å². The predicted molar refractivity (Wildman–Crippen MR) is 77.3 cm³/mol. The quantitative estimate of drug-likeness (QED) is 0.529. The summed E-state index contributed by atoms with van der Waals surface area (Å²) in [5.41, 5.74) is 0. The third kappa shape index (κ3) is 12.1. The summed E-state index contributed by atoms with van der Waals surface area (Å²) in [6, 6.07) is 0. The number of hydrogen-bond donors (Lipinski definition) is 0. The highest BCUT2D eigenvalue weighted by Crippen LogP contribution is 2.02. The largest absolute Gasteiger partial charge is 0.378 e. The van der Waals surface area contributed by atoms with Crippen LogP contribution in [0, 0.1) is 5.92 Å². The van der Waals surface area contributed by atoms with Gasteiger partial charge >= 0.3 is 0 Å². The van der Waals surface area contributed by atoms with Crippen molar-refractivity contribution < 1.29 is 14.3 Å². The molecule has 114 valence electrons. The maximum Gasteiger partial charge on any atom is 0.222 e. The first-order valence-corrected chi connectivity index (χ1v) is 6.97. The average Bonchev–Trinajstić information content (AvgIpc) is 2.30. The van der Waals surface area contributed by atoms with Crippen molar-refractivity contribution >= 4 is 5.91 Å². The lowest BCUT2D eigenvalue weighted by Crippen LogP contribution is -2.31. The monoisotopic (exact) mass is 274 g/mol. The number of likely N-dealkylation sites (N-methyl/N-ethyl adjacent to an activating group) is 2. The molecule has 0 radical (unpaired) electrons. The molecule has 0 N–H and O–H groups in total. The number of hydrogen-bond acceptors (Lipinski definition) is 4. The molecule has 0 aliphatic heterocycles. The molecule has 0 rings (SSSR count). The molecule has 0 aromatic carbocycles. The lowest BCUT2D eigenvalue weighted by atomic mass is 10.1. The van der Waals surface area contributed by atoms with Gasteiger partial charge < -0.3 is 19.3 Å². The fourth-order valence-corrected chi connectivity index (χ4v) is 1.40. The molecule has 0 spiro atoms. The van der Waals surface area contributed by atoms with Crippen molar-refractivity contribution in [1.82, 2.24) is 9.80 Å². The Morgan fingerprint density at radius 1 is 0.947 bits per heavy atom. The first-order chi connectivity index (χ1) is 8.93. The average molecular weight is 274 g/mol. The zero-order valence-electron chi connectivity index (χ0n) is 13.1. The Hall–Kier alpha value is -0.650. The van der Waals surface area contributed by atoms with Crippen molar-refractivity contribution in [3.05, 3.63) is 0 Å². The first kappa shape index (κ1) is 18.4. The van der Waals surface area contributed by atoms with Gasteiger partial charge in [0.1, 0.15) is 0 Å². The van der Waals surface area contributed by atoms with E-state index in [0.29, 0.717) is 38.7 Å². The Morgan fingerprint density at radius 2 is 1.47 bits per heavy atom. The Morgan fingerprint density at radius 3 is 1.95 bits per heavy atom. The van der Waals surface area contributed by atoms with Crippen molar-refractivity contribution in [3.63, 3.8) is 0 Å². The normalized spacial score (nSPS) is 11.3. The van der Waals surface area contributed by atoms with Crippen LogP contribution in [0.4, 0.5) is 0 Å². The second kappa shape index (κ2) is 11.2. The zero-order chi connectivity index (χ0) is 14.7. The molecule has 0 aliphatic rings. The summed E-state index contributed by atoms with van der Waals surface area (Å²) in [6.07, 6.45) is 0.601. The standard InChI is InChI=1S/C14H30N2O3/c1-13(2)12-14(17)16(5)7-9-19-11-10-18-8-6-15(3)4/h13H,6-12H2,1-5H3. The third-order valence-corrected chi connectivity index (χ3v) is 2.63. The minimum atomic E-state index is 0.181. The van der Waals surface area contributed by atoms with Crippen LogP contribution in [0.1, 0.15) is 20.3 Å². The molecule has 0 aliphatic carbocycles. The van der Waals surface area contributed by atoms with Gasteiger partial charge in [-0.2, -0.15) is 0 Å². The Bertz CT molecular complexity index is 233. The molecule has 5 heteroatoms. The lowest BCUT2D eigenvalue weighted by Gasteiger charge is -2.18. The van der Waals surface area contributed by atoms with Crippen LogP contribution in [0.5, 0.6) is 0 Å². The smallest absolute Gasteiger partial charge is 0.222 e. The number of carbonyl (C=O) groups is 1. The van der Waals surface area contributed by atoms with E-state index in [9.17, 15) is 4.79 Å². The van der Waals surface area contributed by atoms with Crippen molar-refractivity contribution in [2.75, 3.05) is 60.7 Å². The zero-order valence-corrected chi connectivity index (χ0v) is 13.1. The number of nitrogens with zero attached hydrogens (tertiary/aromatic N) is 2. The summed E-state index contributed by atoms with van der Waals surface area (Å²) in [5.74, 6) is 0.585. The molecular formula is C14H30N2O3. The van der Waals surface area contributed by atoms with Crippen LogP contribution in [0.3, 0.4) is 0 Å². The van der Waals surface area contributed by atoms with Gasteiger partial charge in [0.2, 0.25) is 5.91 Å². The second-order valence-corrected chi connectivity index (χ2v) is 5.44. The topological polar surface area (TPSA) is 42.0 Å². The molecule has 0 aromatic rings. The van der Waals surface area contributed by atoms with Gasteiger partial charge in [0.25, 0.3) is 0 Å². The van der Waals surface area contributed by atoms with Crippen LogP contribution in [0.15, 0.2) is 0 Å². The highest BCUT2D eigenvalue weighted by molar-refractivity contribution is 5.75. The summed E-state index contributed by atoms with van der Waals surface area (Å²) < 4.78 is 10.8. The Balaban J connectivity index is 3.36. The van der Waals surface area contributed by atoms with E-state index in [1.165, 1.54) is 0 Å². The highest BCUT2D eigenvalue weighted by Gasteiger charge is 2.09. The van der Waals surface area contributed by atoms with Gasteiger partial charge in [0.15, 0.2) is 0 Å². The van der Waals surface area contributed by atoms with E-state index in [0.717, 1.165) is 13.2 Å². The fraction of sp³-hybridized carbons (Fsp3) is 0.929. The molecule has 0 heterocycles. The van der Waals surface area contributed by atoms with Gasteiger partial charge in [-0.25, -0.2) is 0 Å². The van der Waals surface area contributed by atoms with Crippen LogP contribution in [0.2, 0.25) is 0 Å². The molecule has 5 nitrogen and oxygen atoms in total. The van der Waals surface area contributed by atoms with Crippen LogP contribution in [-0.2, 0) is 14.3 Å². The summed E-state index contributed by atoms with van der Waals surface area (Å²) >= 11 is 0. The van der Waals surface area contributed by atoms with Crippen molar-refractivity contribution in [2.24, 2.45) is 5.92 Å². The Kier molecular flexibility index (Phi) is 10.8. The molecule has 0 saturated carbocycles. The summed E-state index contributed by atoms with van der Waals surface area (Å²) in [4.78, 5) is 15.5. The maximum atomic E-state index is 11.7. The van der Waals surface area contributed by atoms with E-state index in [1.54, 1.807) is 4.90 Å². The molecule has 0 fully saturated rings. The molecule has 0 atom stereocenters. The molecule has 0 saturated heterocycles. The Labute approximate surface area is 117 Å². The second-order valence-electron chi connectivity index (χ2n) is 5.44. The van der Waals surface area contributed by atoms with Crippen molar-refractivity contribution in [3.8, 4) is 0 Å². The maximum absolute atomic E-state index is 11.7. The number of carbonyl (C=O) groups excluding carboxylic acids is 1. The SMILES string of the molecule is CC(C)CC(=O)N(C)CCOCCOCCN(C)C. The molecule has 0 unspecified atom stereocenters. The van der Waals surface area contributed by atoms with Gasteiger partial charge in [-0.1, -0.05) is 13.8 Å². The van der Waals surface area contributed by atoms with Crippen LogP contribution in [-0.4, -0.2) is 76.4 Å². The van der Waals surface area contributed by atoms with E-state index >= 15 is 0 Å². The van der Waals surface area contributed by atoms with Gasteiger partial charge in [-0.15, -0.1) is 0 Å². The van der Waals surface area contributed by atoms with E-state index in [2.05, 4.69) is 4.90 Å². The fourth-order valence-electron chi connectivity index (χ4n) is 1.40. The first-order valence-electron chi connectivity index (χ1n) is 6.97. The van der Waals surface area contributed by atoms with Gasteiger partial charge in [0, 0.05) is 26.6 Å². The van der Waals surface area contributed by atoms with Crippen molar-refractivity contribution in [1.29, 1.82) is 0 Å². The molecule has 0 bridgehead atoms. The minimum absolute atomic E-state index is 0.181. The van der Waals surface area contributed by atoms with Gasteiger partial charge in [0.05, 0.1) is 26.4 Å². The van der Waals surface area contributed by atoms with Crippen molar-refractivity contribution in [2.45, 2.75) is 20.3 Å². The summed E-state index contributed by atoms with van der Waals surface area (Å²) in [6.45, 7) is 8.15. The predicted octanol–water partition coefficient (Wildman–Crippen LogP) is 1.09. The number of rotatable bonds is 11. The van der Waals surface area contributed by atoms with E-state index in [-0.39, 0.29) is 5.91 Å². The number of amides is 1. The molecule has 0 aromatic heterocycles. The molecule has 1 amide bonds. The minimum Gasteiger partial charge on any atom is -0.378 e. The lowest BCUT2D eigenvalue weighted by molar-refractivity contribution is -0.131. The van der Waals surface area contributed by atoms with Crippen LogP contribution in [0.25, 0.3) is 0 Å².